The van der Waals surface area contributed by atoms with Gasteiger partial charge in [0.25, 0.3) is 0 Å². The molecule has 3 heteroatoms. The van der Waals surface area contributed by atoms with Crippen molar-refractivity contribution in [1.82, 2.24) is 0 Å². The Morgan fingerprint density at radius 1 is 1.33 bits per heavy atom. The lowest BCUT2D eigenvalue weighted by Crippen LogP contribution is -2.18. The van der Waals surface area contributed by atoms with Crippen molar-refractivity contribution in [2.24, 2.45) is 0 Å². The summed E-state index contributed by atoms with van der Waals surface area (Å²) in [6, 6.07) is 7.43. The van der Waals surface area contributed by atoms with Crippen LogP contribution in [-0.4, -0.2) is 6.66 Å². The van der Waals surface area contributed by atoms with E-state index >= 15 is 0 Å². The topological polar surface area (TPSA) is 30.2 Å². The van der Waals surface area contributed by atoms with Crippen LogP contribution in [0, 0.1) is 0 Å². The third kappa shape index (κ3) is 1.70. The number of benzene rings is 1. The normalized spacial score (nSPS) is 11.6. The van der Waals surface area contributed by atoms with Gasteiger partial charge < -0.3 is 4.42 Å². The summed E-state index contributed by atoms with van der Waals surface area (Å²) in [5, 5.41) is 0.691. The van der Waals surface area contributed by atoms with Gasteiger partial charge in [-0.1, -0.05) is 27.6 Å². The molecule has 1 aromatic heterocycles. The first-order valence-electron chi connectivity index (χ1n) is 5.00. The van der Waals surface area contributed by atoms with Gasteiger partial charge in [-0.15, -0.1) is 0 Å². The molecule has 1 aromatic carbocycles. The molecule has 0 radical (unpaired) electrons. The first-order chi connectivity index (χ1) is 7.27. The van der Waals surface area contributed by atoms with E-state index in [1.165, 1.54) is 0 Å². The summed E-state index contributed by atoms with van der Waals surface area (Å²) in [5.41, 5.74) is 2.50. The molecule has 0 saturated carbocycles. The van der Waals surface area contributed by atoms with E-state index in [-0.39, 0.29) is 5.43 Å². The highest BCUT2D eigenvalue weighted by atomic mass is 31.1. The molecular formula is C12H13O2P. The second-order valence-corrected chi connectivity index (χ2v) is 4.29. The second kappa shape index (κ2) is 4.16. The molecule has 0 fully saturated rings. The molecule has 0 spiro atoms. The van der Waals surface area contributed by atoms with E-state index in [0.29, 0.717) is 19.5 Å². The Bertz CT molecular complexity index is 543. The summed E-state index contributed by atoms with van der Waals surface area (Å²) in [6.45, 7) is 4.02. The smallest absolute Gasteiger partial charge is 0.196 e. The SMILES string of the molecule is CCc1c(PC)oc2ccccc2c1=O. The molecule has 0 bridgehead atoms. The van der Waals surface area contributed by atoms with E-state index < -0.39 is 0 Å². The highest BCUT2D eigenvalue weighted by Crippen LogP contribution is 2.14. The molecule has 0 saturated heterocycles. The molecule has 0 aliphatic carbocycles. The largest absolute Gasteiger partial charge is 0.456 e. The summed E-state index contributed by atoms with van der Waals surface area (Å²) in [7, 11) is 0.529. The Hall–Kier alpha value is -1.14. The maximum Gasteiger partial charge on any atom is 0.196 e. The molecule has 2 rings (SSSR count). The van der Waals surface area contributed by atoms with Gasteiger partial charge in [0, 0.05) is 5.56 Å². The van der Waals surface area contributed by atoms with E-state index in [4.69, 9.17) is 4.42 Å². The summed E-state index contributed by atoms with van der Waals surface area (Å²) < 4.78 is 5.73. The van der Waals surface area contributed by atoms with Crippen molar-refractivity contribution in [3.05, 3.63) is 40.1 Å². The lowest BCUT2D eigenvalue weighted by Gasteiger charge is -2.05. The lowest BCUT2D eigenvalue weighted by molar-refractivity contribution is 0.635. The Morgan fingerprint density at radius 2 is 2.07 bits per heavy atom. The number of para-hydroxylation sites is 1. The van der Waals surface area contributed by atoms with Gasteiger partial charge >= 0.3 is 0 Å². The Labute approximate surface area is 90.1 Å². The van der Waals surface area contributed by atoms with E-state index in [2.05, 4.69) is 0 Å². The molecule has 0 aliphatic heterocycles. The van der Waals surface area contributed by atoms with Crippen LogP contribution in [0.4, 0.5) is 0 Å². The monoisotopic (exact) mass is 220 g/mol. The fourth-order valence-electron chi connectivity index (χ4n) is 1.70. The fourth-order valence-corrected chi connectivity index (χ4v) is 2.51. The molecule has 2 aromatic rings. The molecule has 15 heavy (non-hydrogen) atoms. The second-order valence-electron chi connectivity index (χ2n) is 3.34. The Kier molecular flexibility index (Phi) is 2.88. The number of fused-ring (bicyclic) bond motifs is 1. The van der Waals surface area contributed by atoms with Crippen molar-refractivity contribution in [1.29, 1.82) is 0 Å². The van der Waals surface area contributed by atoms with Crippen LogP contribution in [0.15, 0.2) is 33.5 Å². The summed E-state index contributed by atoms with van der Waals surface area (Å²) >= 11 is 0. The van der Waals surface area contributed by atoms with Crippen molar-refractivity contribution in [3.8, 4) is 0 Å². The molecular weight excluding hydrogens is 207 g/mol. The molecule has 2 nitrogen and oxygen atoms in total. The first-order valence-corrected chi connectivity index (χ1v) is 6.50. The van der Waals surface area contributed by atoms with Gasteiger partial charge in [0.15, 0.2) is 5.43 Å². The minimum atomic E-state index is 0.128. The number of hydrogen-bond donors (Lipinski definition) is 0. The molecule has 0 amide bonds. The maximum absolute atomic E-state index is 12.1. The lowest BCUT2D eigenvalue weighted by atomic mass is 10.1. The van der Waals surface area contributed by atoms with Gasteiger partial charge in [-0.25, -0.2) is 0 Å². The maximum atomic E-state index is 12.1. The number of rotatable bonds is 2. The first kappa shape index (κ1) is 10.4. The predicted molar refractivity (Wildman–Crippen MR) is 65.7 cm³/mol. The van der Waals surface area contributed by atoms with Crippen LogP contribution in [0.3, 0.4) is 0 Å². The quantitative estimate of drug-likeness (QED) is 0.727. The standard InChI is InChI=1S/C12H13O2P/c1-3-8-11(13)9-6-4-5-7-10(9)14-12(8)15-2/h4-7,15H,3H2,1-2H3. The van der Waals surface area contributed by atoms with Crippen molar-refractivity contribution in [2.75, 3.05) is 6.66 Å². The highest BCUT2D eigenvalue weighted by molar-refractivity contribution is 7.45. The van der Waals surface area contributed by atoms with Gasteiger partial charge in [-0.2, -0.15) is 0 Å². The van der Waals surface area contributed by atoms with E-state index in [1.807, 2.05) is 37.9 Å². The van der Waals surface area contributed by atoms with Crippen LogP contribution in [0.5, 0.6) is 0 Å². The molecule has 0 N–H and O–H groups in total. The van der Waals surface area contributed by atoms with Crippen LogP contribution >= 0.6 is 8.58 Å². The third-order valence-corrected chi connectivity index (χ3v) is 3.33. The molecule has 78 valence electrons. The zero-order valence-electron chi connectivity index (χ0n) is 8.83. The van der Waals surface area contributed by atoms with E-state index in [0.717, 1.165) is 17.5 Å². The van der Waals surface area contributed by atoms with Crippen LogP contribution in [0.1, 0.15) is 12.5 Å². The van der Waals surface area contributed by atoms with Crippen LogP contribution in [0.25, 0.3) is 11.0 Å². The van der Waals surface area contributed by atoms with Crippen LogP contribution in [-0.2, 0) is 6.42 Å². The van der Waals surface area contributed by atoms with Crippen molar-refractivity contribution < 1.29 is 4.42 Å². The predicted octanol–water partition coefficient (Wildman–Crippen LogP) is 2.29. The molecule has 0 aliphatic rings. The summed E-state index contributed by atoms with van der Waals surface area (Å²) in [4.78, 5) is 12.1. The Morgan fingerprint density at radius 3 is 2.73 bits per heavy atom. The third-order valence-electron chi connectivity index (χ3n) is 2.47. The van der Waals surface area contributed by atoms with Crippen LogP contribution < -0.4 is 10.9 Å². The molecule has 1 unspecified atom stereocenters. The van der Waals surface area contributed by atoms with E-state index in [9.17, 15) is 4.79 Å². The highest BCUT2D eigenvalue weighted by Gasteiger charge is 2.10. The Balaban J connectivity index is 2.88. The average Bonchev–Trinajstić information content (AvgIpc) is 2.29. The van der Waals surface area contributed by atoms with E-state index in [1.54, 1.807) is 0 Å². The molecule has 1 atom stereocenters. The number of hydrogen-bond acceptors (Lipinski definition) is 2. The van der Waals surface area contributed by atoms with Gasteiger partial charge in [0.05, 0.1) is 5.39 Å². The average molecular weight is 220 g/mol. The fraction of sp³-hybridized carbons (Fsp3) is 0.250. The summed E-state index contributed by atoms with van der Waals surface area (Å²) in [5.74, 6) is 0. The van der Waals surface area contributed by atoms with Gasteiger partial charge in [-0.05, 0) is 25.2 Å². The zero-order valence-corrected chi connectivity index (χ0v) is 9.83. The molecule has 1 heterocycles. The van der Waals surface area contributed by atoms with Crippen molar-refractivity contribution in [2.45, 2.75) is 13.3 Å². The zero-order chi connectivity index (χ0) is 10.8. The summed E-state index contributed by atoms with van der Waals surface area (Å²) in [6.07, 6.45) is 0.739. The van der Waals surface area contributed by atoms with Gasteiger partial charge in [0.2, 0.25) is 0 Å². The minimum absolute atomic E-state index is 0.128. The van der Waals surface area contributed by atoms with Gasteiger partial charge in [-0.3, -0.25) is 4.79 Å². The van der Waals surface area contributed by atoms with Crippen molar-refractivity contribution >= 4 is 25.1 Å². The van der Waals surface area contributed by atoms with Crippen LogP contribution in [0.2, 0.25) is 0 Å². The van der Waals surface area contributed by atoms with Gasteiger partial charge in [0.1, 0.15) is 11.1 Å². The minimum Gasteiger partial charge on any atom is -0.456 e. The van der Waals surface area contributed by atoms with Crippen molar-refractivity contribution in [3.63, 3.8) is 0 Å².